The molecule has 0 aromatic heterocycles. The van der Waals surface area contributed by atoms with E-state index in [4.69, 9.17) is 0 Å². The number of likely N-dealkylation sites (N-methyl/N-ethyl adjacent to an activating group) is 2. The Bertz CT molecular complexity index is 1030. The van der Waals surface area contributed by atoms with Crippen LogP contribution < -0.4 is 0 Å². The van der Waals surface area contributed by atoms with Crippen LogP contribution in [0, 0.1) is 0 Å². The van der Waals surface area contributed by atoms with Gasteiger partial charge in [-0.2, -0.15) is 0 Å². The summed E-state index contributed by atoms with van der Waals surface area (Å²) < 4.78 is 23.5. The molecule has 1 N–H and O–H groups in total. The molecule has 0 aliphatic heterocycles. The van der Waals surface area contributed by atoms with E-state index >= 15 is 0 Å². The smallest absolute Gasteiger partial charge is 0.175 e. The van der Waals surface area contributed by atoms with Crippen molar-refractivity contribution in [1.29, 1.82) is 0 Å². The monoisotopic (exact) mass is 458 g/mol. The van der Waals surface area contributed by atoms with Gasteiger partial charge in [0.15, 0.2) is 9.84 Å². The molecular formula is C26H38N2O3S. The van der Waals surface area contributed by atoms with E-state index < -0.39 is 9.84 Å². The van der Waals surface area contributed by atoms with E-state index in [1.165, 1.54) is 17.4 Å². The molecule has 0 saturated heterocycles. The highest BCUT2D eigenvalue weighted by atomic mass is 32.2. The number of nitrogens with zero attached hydrogens (tertiary/aromatic N) is 2. The first-order chi connectivity index (χ1) is 15.0. The third kappa shape index (κ3) is 5.03. The first-order valence-electron chi connectivity index (χ1n) is 11.5. The first-order valence-corrected chi connectivity index (χ1v) is 13.4. The molecular weight excluding hydrogens is 420 g/mol. The van der Waals surface area contributed by atoms with Gasteiger partial charge >= 0.3 is 0 Å². The molecule has 2 aromatic carbocycles. The molecule has 1 aliphatic carbocycles. The summed E-state index contributed by atoms with van der Waals surface area (Å²) in [6, 6.07) is 13.8. The third-order valence-electron chi connectivity index (χ3n) is 7.22. The number of rotatable bonds is 8. The molecule has 1 aliphatic rings. The Labute approximate surface area is 194 Å². The van der Waals surface area contributed by atoms with E-state index in [9.17, 15) is 13.5 Å². The minimum Gasteiger partial charge on any atom is -0.508 e. The lowest BCUT2D eigenvalue weighted by molar-refractivity contribution is 0.0441. The Morgan fingerprint density at radius 2 is 1.72 bits per heavy atom. The molecule has 0 radical (unpaired) electrons. The van der Waals surface area contributed by atoms with E-state index in [1.807, 2.05) is 18.2 Å². The van der Waals surface area contributed by atoms with Crippen molar-refractivity contribution in [3.05, 3.63) is 59.2 Å². The Morgan fingerprint density at radius 1 is 1.06 bits per heavy atom. The first kappa shape index (κ1) is 24.7. The molecule has 0 unspecified atom stereocenters. The molecule has 0 fully saturated rings. The molecule has 2 atom stereocenters. The van der Waals surface area contributed by atoms with Crippen LogP contribution in [0.2, 0.25) is 0 Å². The second-order valence-corrected chi connectivity index (χ2v) is 11.7. The maximum absolute atomic E-state index is 11.8. The normalized spacial score (nSPS) is 20.5. The average molecular weight is 459 g/mol. The van der Waals surface area contributed by atoms with E-state index in [1.54, 1.807) is 18.2 Å². The predicted molar refractivity (Wildman–Crippen MR) is 131 cm³/mol. The Hall–Kier alpha value is -1.89. The zero-order valence-corrected chi connectivity index (χ0v) is 21.1. The molecule has 0 amide bonds. The van der Waals surface area contributed by atoms with Crippen molar-refractivity contribution in [3.8, 4) is 5.75 Å². The van der Waals surface area contributed by atoms with Gasteiger partial charge in [0.05, 0.1) is 4.90 Å². The van der Waals surface area contributed by atoms with Gasteiger partial charge in [0, 0.05) is 30.3 Å². The summed E-state index contributed by atoms with van der Waals surface area (Å²) in [5.41, 5.74) is 3.57. The highest BCUT2D eigenvalue weighted by molar-refractivity contribution is 7.90. The topological polar surface area (TPSA) is 60.9 Å². The van der Waals surface area contributed by atoms with Gasteiger partial charge in [0.25, 0.3) is 0 Å². The van der Waals surface area contributed by atoms with Gasteiger partial charge in [0.1, 0.15) is 5.75 Å². The number of benzene rings is 2. The summed E-state index contributed by atoms with van der Waals surface area (Å²) in [6.45, 7) is 11.8. The number of hydrogen-bond acceptors (Lipinski definition) is 5. The molecule has 0 saturated carbocycles. The molecule has 6 heteroatoms. The highest BCUT2D eigenvalue weighted by Gasteiger charge is 2.46. The van der Waals surface area contributed by atoms with Gasteiger partial charge in [-0.3, -0.25) is 4.90 Å². The molecule has 0 heterocycles. The second kappa shape index (κ2) is 9.54. The van der Waals surface area contributed by atoms with Crippen molar-refractivity contribution in [2.75, 3.05) is 32.9 Å². The number of fused-ring (bicyclic) bond motifs is 1. The summed E-state index contributed by atoms with van der Waals surface area (Å²) in [6.07, 6.45) is 3.07. The minimum absolute atomic E-state index is 0.128. The van der Waals surface area contributed by atoms with Crippen molar-refractivity contribution in [1.82, 2.24) is 9.80 Å². The largest absolute Gasteiger partial charge is 0.508 e. The number of aromatic hydroxyl groups is 1. The van der Waals surface area contributed by atoms with E-state index in [-0.39, 0.29) is 5.41 Å². The number of phenols is 1. The van der Waals surface area contributed by atoms with Crippen LogP contribution in [0.5, 0.6) is 5.75 Å². The zero-order chi connectivity index (χ0) is 23.7. The van der Waals surface area contributed by atoms with Gasteiger partial charge < -0.3 is 10.0 Å². The van der Waals surface area contributed by atoms with Crippen LogP contribution in [-0.4, -0.2) is 68.3 Å². The SMILES string of the molecule is CCN(C)[C@@H]1Cc2ccc(O)cc2C(C)(C)[C@H]1N(CC)CCc1ccc(S(C)(=O)=O)cc1. The minimum atomic E-state index is -3.18. The Morgan fingerprint density at radius 3 is 2.28 bits per heavy atom. The molecule has 2 aromatic rings. The van der Waals surface area contributed by atoms with Crippen LogP contribution in [-0.2, 0) is 28.1 Å². The van der Waals surface area contributed by atoms with Crippen LogP contribution in [0.4, 0.5) is 0 Å². The lowest BCUT2D eigenvalue weighted by atomic mass is 9.66. The fourth-order valence-corrected chi connectivity index (χ4v) is 5.95. The van der Waals surface area contributed by atoms with Crippen molar-refractivity contribution >= 4 is 9.84 Å². The fraction of sp³-hybridized carbons (Fsp3) is 0.538. The maximum atomic E-state index is 11.8. The predicted octanol–water partition coefficient (Wildman–Crippen LogP) is 3.88. The molecule has 0 spiro atoms. The Balaban J connectivity index is 1.89. The van der Waals surface area contributed by atoms with E-state index in [0.717, 1.165) is 38.0 Å². The third-order valence-corrected chi connectivity index (χ3v) is 8.35. The molecule has 32 heavy (non-hydrogen) atoms. The van der Waals surface area contributed by atoms with Gasteiger partial charge in [-0.1, -0.05) is 45.9 Å². The zero-order valence-electron chi connectivity index (χ0n) is 20.3. The van der Waals surface area contributed by atoms with Crippen LogP contribution >= 0.6 is 0 Å². The fourth-order valence-electron chi connectivity index (χ4n) is 5.32. The van der Waals surface area contributed by atoms with Crippen molar-refractivity contribution < 1.29 is 13.5 Å². The second-order valence-electron chi connectivity index (χ2n) is 9.65. The summed E-state index contributed by atoms with van der Waals surface area (Å²) in [7, 11) is -0.971. The van der Waals surface area contributed by atoms with Crippen LogP contribution in [0.3, 0.4) is 0 Å². The summed E-state index contributed by atoms with van der Waals surface area (Å²) in [5.74, 6) is 0.326. The maximum Gasteiger partial charge on any atom is 0.175 e. The van der Waals surface area contributed by atoms with Crippen molar-refractivity contribution in [2.45, 2.75) is 62.9 Å². The standard InChI is InChI=1S/C26H38N2O3S/c1-7-27(5)24-17-20-11-12-21(29)18-23(20)26(3,4)25(24)28(8-2)16-15-19-9-13-22(14-10-19)32(6,30)31/h9-14,18,24-25,29H,7-8,15-17H2,1-6H3/t24-,25+/m1/s1. The van der Waals surface area contributed by atoms with Crippen LogP contribution in [0.1, 0.15) is 44.4 Å². The highest BCUT2D eigenvalue weighted by Crippen LogP contribution is 2.42. The van der Waals surface area contributed by atoms with Crippen LogP contribution in [0.25, 0.3) is 0 Å². The van der Waals surface area contributed by atoms with Crippen molar-refractivity contribution in [3.63, 3.8) is 0 Å². The molecule has 5 nitrogen and oxygen atoms in total. The Kier molecular flexibility index (Phi) is 7.38. The molecule has 3 rings (SSSR count). The average Bonchev–Trinajstić information content (AvgIpc) is 2.74. The van der Waals surface area contributed by atoms with Gasteiger partial charge in [-0.25, -0.2) is 8.42 Å². The quantitative estimate of drug-likeness (QED) is 0.650. The lowest BCUT2D eigenvalue weighted by Gasteiger charge is -2.52. The number of phenolic OH excluding ortho intramolecular Hbond substituents is 1. The van der Waals surface area contributed by atoms with Crippen molar-refractivity contribution in [2.24, 2.45) is 0 Å². The summed E-state index contributed by atoms with van der Waals surface area (Å²) in [5, 5.41) is 10.2. The van der Waals surface area contributed by atoms with E-state index in [0.29, 0.717) is 22.7 Å². The van der Waals surface area contributed by atoms with Crippen LogP contribution in [0.15, 0.2) is 47.4 Å². The lowest BCUT2D eigenvalue weighted by Crippen LogP contribution is -2.62. The molecule has 0 bridgehead atoms. The van der Waals surface area contributed by atoms with Gasteiger partial charge in [-0.05, 0) is 73.9 Å². The van der Waals surface area contributed by atoms with Gasteiger partial charge in [0.2, 0.25) is 0 Å². The molecule has 176 valence electrons. The summed E-state index contributed by atoms with van der Waals surface area (Å²) in [4.78, 5) is 5.38. The summed E-state index contributed by atoms with van der Waals surface area (Å²) >= 11 is 0. The van der Waals surface area contributed by atoms with Gasteiger partial charge in [-0.15, -0.1) is 0 Å². The van der Waals surface area contributed by atoms with E-state index in [2.05, 4.69) is 50.6 Å². The number of hydrogen-bond donors (Lipinski definition) is 1. The number of sulfone groups is 1.